The van der Waals surface area contributed by atoms with Crippen molar-refractivity contribution in [2.75, 3.05) is 20.6 Å². The van der Waals surface area contributed by atoms with Crippen LogP contribution in [0.5, 0.6) is 0 Å². The molecule has 0 saturated heterocycles. The Morgan fingerprint density at radius 3 is 2.50 bits per heavy atom. The second-order valence-corrected chi connectivity index (χ2v) is 4.74. The average molecular weight is 251 g/mol. The van der Waals surface area contributed by atoms with E-state index in [1.807, 2.05) is 19.9 Å². The largest absolute Gasteiger partial charge is 0.348 e. The molecule has 0 spiro atoms. The number of nitrogens with one attached hydrogen (secondary N) is 1. The molecule has 0 aliphatic heterocycles. The van der Waals surface area contributed by atoms with Crippen molar-refractivity contribution >= 4 is 5.91 Å². The maximum absolute atomic E-state index is 13.4. The van der Waals surface area contributed by atoms with Gasteiger partial charge < -0.3 is 10.2 Å². The second-order valence-electron chi connectivity index (χ2n) is 4.74. The van der Waals surface area contributed by atoms with Gasteiger partial charge in [0.15, 0.2) is 0 Å². The normalized spacial score (nSPS) is 10.8. The summed E-state index contributed by atoms with van der Waals surface area (Å²) in [6.07, 6.45) is 0. The molecule has 0 unspecified atom stereocenters. The van der Waals surface area contributed by atoms with Crippen molar-refractivity contribution in [2.24, 2.45) is 0 Å². The summed E-state index contributed by atoms with van der Waals surface area (Å²) >= 11 is 0. The Kier molecular flexibility index (Phi) is 5.28. The highest BCUT2D eigenvalue weighted by molar-refractivity contribution is 5.77. The van der Waals surface area contributed by atoms with E-state index in [2.05, 4.69) is 5.32 Å². The van der Waals surface area contributed by atoms with Crippen LogP contribution in [-0.4, -0.2) is 31.4 Å². The topological polar surface area (TPSA) is 32.3 Å². The summed E-state index contributed by atoms with van der Waals surface area (Å²) in [7, 11) is 3.42. The van der Waals surface area contributed by atoms with Gasteiger partial charge in [0.25, 0.3) is 0 Å². The lowest BCUT2D eigenvalue weighted by atomic mass is 10.0. The molecule has 0 aromatic heterocycles. The van der Waals surface area contributed by atoms with Crippen molar-refractivity contribution in [3.8, 4) is 0 Å². The minimum atomic E-state index is -0.246. The highest BCUT2D eigenvalue weighted by atomic mass is 19.1. The van der Waals surface area contributed by atoms with Crippen LogP contribution >= 0.6 is 0 Å². The smallest absolute Gasteiger partial charge is 0.236 e. The minimum Gasteiger partial charge on any atom is -0.348 e. The average Bonchev–Trinajstić information content (AvgIpc) is 2.27. The molecule has 0 aliphatic carbocycles. The van der Waals surface area contributed by atoms with Crippen LogP contribution in [0, 0.1) is 11.7 Å². The quantitative estimate of drug-likeness (QED) is 0.867. The summed E-state index contributed by atoms with van der Waals surface area (Å²) in [5.41, 5.74) is 1.74. The monoisotopic (exact) mass is 251 g/mol. The summed E-state index contributed by atoms with van der Waals surface area (Å²) in [5.74, 6) is 0.828. The van der Waals surface area contributed by atoms with E-state index in [1.54, 1.807) is 14.1 Å². The zero-order valence-corrected chi connectivity index (χ0v) is 11.4. The fraction of sp³-hybridized carbons (Fsp3) is 0.429. The van der Waals surface area contributed by atoms with E-state index in [-0.39, 0.29) is 18.3 Å². The third-order valence-corrected chi connectivity index (χ3v) is 2.64. The fourth-order valence-corrected chi connectivity index (χ4v) is 1.51. The number of carbonyl (C=O) groups is 1. The highest BCUT2D eigenvalue weighted by Crippen LogP contribution is 2.17. The first kappa shape index (κ1) is 14.6. The maximum Gasteiger partial charge on any atom is 0.236 e. The molecule has 1 rings (SSSR count). The van der Waals surface area contributed by atoms with Crippen LogP contribution in [0.1, 0.15) is 25.0 Å². The van der Waals surface area contributed by atoms with Crippen LogP contribution in [0.2, 0.25) is 0 Å². The molecule has 1 aromatic carbocycles. The van der Waals surface area contributed by atoms with E-state index >= 15 is 0 Å². The van der Waals surface area contributed by atoms with Crippen molar-refractivity contribution in [2.45, 2.75) is 20.4 Å². The molecule has 0 fully saturated rings. The fourth-order valence-electron chi connectivity index (χ4n) is 1.51. The van der Waals surface area contributed by atoms with Crippen molar-refractivity contribution in [1.29, 1.82) is 0 Å². The molecule has 1 radical (unpaired) electrons. The molecular formula is C14H20FN2O. The van der Waals surface area contributed by atoms with Gasteiger partial charge in [-0.2, -0.15) is 0 Å². The van der Waals surface area contributed by atoms with Crippen LogP contribution in [0.3, 0.4) is 0 Å². The van der Waals surface area contributed by atoms with Gasteiger partial charge in [0, 0.05) is 20.6 Å². The van der Waals surface area contributed by atoms with Gasteiger partial charge in [-0.25, -0.2) is 4.39 Å². The number of hydrogen-bond donors (Lipinski definition) is 1. The Morgan fingerprint density at radius 1 is 1.28 bits per heavy atom. The summed E-state index contributed by atoms with van der Waals surface area (Å²) in [6.45, 7) is 4.63. The van der Waals surface area contributed by atoms with E-state index in [9.17, 15) is 9.18 Å². The van der Waals surface area contributed by atoms with Gasteiger partial charge in [-0.1, -0.05) is 19.9 Å². The van der Waals surface area contributed by atoms with Gasteiger partial charge in [0.2, 0.25) is 5.91 Å². The molecule has 1 amide bonds. The number of carbonyl (C=O) groups excluding carboxylic acids is 1. The van der Waals surface area contributed by atoms with E-state index < -0.39 is 0 Å². The Hall–Kier alpha value is -1.42. The van der Waals surface area contributed by atoms with Crippen LogP contribution in [0.4, 0.5) is 4.39 Å². The molecule has 4 heteroatoms. The number of amides is 1. The number of likely N-dealkylation sites (N-methyl/N-ethyl adjacent to an activating group) is 1. The van der Waals surface area contributed by atoms with Gasteiger partial charge in [0.05, 0.1) is 6.54 Å². The predicted molar refractivity (Wildman–Crippen MR) is 70.5 cm³/mol. The lowest BCUT2D eigenvalue weighted by molar-refractivity contribution is -0.127. The Labute approximate surface area is 108 Å². The van der Waals surface area contributed by atoms with Gasteiger partial charge in [-0.15, -0.1) is 0 Å². The second kappa shape index (κ2) is 6.50. The first-order chi connectivity index (χ1) is 8.40. The van der Waals surface area contributed by atoms with Crippen LogP contribution in [0.15, 0.2) is 18.2 Å². The molecule has 0 atom stereocenters. The highest BCUT2D eigenvalue weighted by Gasteiger charge is 2.06. The molecule has 0 saturated carbocycles. The summed E-state index contributed by atoms with van der Waals surface area (Å²) in [6, 6.07) is 4.94. The molecule has 3 nitrogen and oxygen atoms in total. The van der Waals surface area contributed by atoms with Gasteiger partial charge >= 0.3 is 0 Å². The Morgan fingerprint density at radius 2 is 1.94 bits per heavy atom. The first-order valence-electron chi connectivity index (χ1n) is 5.91. The Balaban J connectivity index is 2.60. The van der Waals surface area contributed by atoms with Gasteiger partial charge in [0.1, 0.15) is 5.82 Å². The molecule has 18 heavy (non-hydrogen) atoms. The Bertz CT molecular complexity index is 416. The molecular weight excluding hydrogens is 231 g/mol. The summed E-state index contributed by atoms with van der Waals surface area (Å²) < 4.78 is 13.4. The zero-order valence-electron chi connectivity index (χ0n) is 11.4. The number of nitrogens with zero attached hydrogens (tertiary/aromatic N) is 1. The lowest BCUT2D eigenvalue weighted by Crippen LogP contribution is -2.32. The molecule has 0 aliphatic rings. The molecule has 0 bridgehead atoms. The first-order valence-corrected chi connectivity index (χ1v) is 5.91. The van der Waals surface area contributed by atoms with Gasteiger partial charge in [-0.3, -0.25) is 4.79 Å². The minimum absolute atomic E-state index is 0.00450. The van der Waals surface area contributed by atoms with E-state index in [0.29, 0.717) is 6.54 Å². The summed E-state index contributed by atoms with van der Waals surface area (Å²) in [5, 5.41) is 3.01. The molecule has 0 heterocycles. The van der Waals surface area contributed by atoms with Crippen LogP contribution in [-0.2, 0) is 11.3 Å². The van der Waals surface area contributed by atoms with Crippen LogP contribution in [0.25, 0.3) is 0 Å². The van der Waals surface area contributed by atoms with Crippen LogP contribution < -0.4 is 5.32 Å². The third-order valence-electron chi connectivity index (χ3n) is 2.64. The van der Waals surface area contributed by atoms with Crippen molar-refractivity contribution in [1.82, 2.24) is 10.2 Å². The number of rotatable bonds is 5. The SMILES string of the molecule is C[C](C)c1cc(F)cc(CNCC(=O)N(C)C)c1. The maximum atomic E-state index is 13.4. The van der Waals surface area contributed by atoms with Gasteiger partial charge in [-0.05, 0) is 29.2 Å². The van der Waals surface area contributed by atoms with E-state index in [1.165, 1.54) is 17.0 Å². The van der Waals surface area contributed by atoms with E-state index in [4.69, 9.17) is 0 Å². The lowest BCUT2D eigenvalue weighted by Gasteiger charge is -2.12. The molecule has 1 aromatic rings. The number of hydrogen-bond acceptors (Lipinski definition) is 2. The zero-order chi connectivity index (χ0) is 13.7. The predicted octanol–water partition coefficient (Wildman–Crippen LogP) is 1.97. The number of benzene rings is 1. The summed E-state index contributed by atoms with van der Waals surface area (Å²) in [4.78, 5) is 12.9. The number of halogens is 1. The molecule has 1 N–H and O–H groups in total. The van der Waals surface area contributed by atoms with Crippen molar-refractivity contribution in [3.05, 3.63) is 41.1 Å². The van der Waals surface area contributed by atoms with E-state index in [0.717, 1.165) is 17.0 Å². The molecule has 99 valence electrons. The van der Waals surface area contributed by atoms with Crippen molar-refractivity contribution < 1.29 is 9.18 Å². The standard InChI is InChI=1S/C14H20FN2O/c1-10(2)12-5-11(6-13(15)7-12)8-16-9-14(18)17(3)4/h5-7,16H,8-9H2,1-4H3. The van der Waals surface area contributed by atoms with Crippen molar-refractivity contribution in [3.63, 3.8) is 0 Å². The third kappa shape index (κ3) is 4.45.